The molecular formula is C14H26N2O. The number of rotatable bonds is 5. The highest BCUT2D eigenvalue weighted by molar-refractivity contribution is 5.07. The van der Waals surface area contributed by atoms with Gasteiger partial charge in [0.25, 0.3) is 0 Å². The van der Waals surface area contributed by atoms with Crippen molar-refractivity contribution in [2.24, 2.45) is 5.73 Å². The standard InChI is InChI=1S/C14H26N2O/c1-17-12-13-4-9-16(10-5-13)11-8-14(15)6-2-3-7-14/h4H,2-3,5-12,15H2,1H3. The quantitative estimate of drug-likeness (QED) is 0.744. The molecule has 1 saturated carbocycles. The molecule has 2 N–H and O–H groups in total. The van der Waals surface area contributed by atoms with E-state index < -0.39 is 0 Å². The Hall–Kier alpha value is -0.380. The van der Waals surface area contributed by atoms with Gasteiger partial charge < -0.3 is 10.5 Å². The molecule has 1 aliphatic carbocycles. The van der Waals surface area contributed by atoms with E-state index in [0.29, 0.717) is 0 Å². The highest BCUT2D eigenvalue weighted by atomic mass is 16.5. The predicted octanol–water partition coefficient (Wildman–Crippen LogP) is 1.93. The Morgan fingerprint density at radius 3 is 2.76 bits per heavy atom. The highest BCUT2D eigenvalue weighted by Crippen LogP contribution is 2.30. The maximum atomic E-state index is 6.39. The Bertz CT molecular complexity index is 269. The summed E-state index contributed by atoms with van der Waals surface area (Å²) in [5, 5.41) is 0. The van der Waals surface area contributed by atoms with Crippen LogP contribution in [-0.2, 0) is 4.74 Å². The Morgan fingerprint density at radius 1 is 1.41 bits per heavy atom. The van der Waals surface area contributed by atoms with Gasteiger partial charge in [0.05, 0.1) is 6.61 Å². The lowest BCUT2D eigenvalue weighted by atomic mass is 9.94. The van der Waals surface area contributed by atoms with Crippen LogP contribution >= 0.6 is 0 Å². The van der Waals surface area contributed by atoms with Crippen LogP contribution in [0.25, 0.3) is 0 Å². The lowest BCUT2D eigenvalue weighted by Gasteiger charge is -2.30. The van der Waals surface area contributed by atoms with E-state index in [1.165, 1.54) is 44.2 Å². The lowest BCUT2D eigenvalue weighted by Crippen LogP contribution is -2.41. The van der Waals surface area contributed by atoms with Crippen molar-refractivity contribution in [2.45, 2.75) is 44.1 Å². The van der Waals surface area contributed by atoms with Crippen LogP contribution in [0.5, 0.6) is 0 Å². The number of nitrogens with two attached hydrogens (primary N) is 1. The van der Waals surface area contributed by atoms with Gasteiger partial charge in [0.15, 0.2) is 0 Å². The van der Waals surface area contributed by atoms with E-state index in [0.717, 1.165) is 26.1 Å². The van der Waals surface area contributed by atoms with Gasteiger partial charge in [-0.25, -0.2) is 0 Å². The second kappa shape index (κ2) is 5.98. The summed E-state index contributed by atoms with van der Waals surface area (Å²) in [4.78, 5) is 2.52. The van der Waals surface area contributed by atoms with Gasteiger partial charge in [-0.2, -0.15) is 0 Å². The Kier molecular flexibility index (Phi) is 4.60. The van der Waals surface area contributed by atoms with Crippen LogP contribution in [0, 0.1) is 0 Å². The van der Waals surface area contributed by atoms with Crippen LogP contribution in [0.1, 0.15) is 38.5 Å². The van der Waals surface area contributed by atoms with Crippen LogP contribution < -0.4 is 5.73 Å². The van der Waals surface area contributed by atoms with Crippen LogP contribution in [0.4, 0.5) is 0 Å². The third-order valence-corrected chi connectivity index (χ3v) is 4.24. The minimum absolute atomic E-state index is 0.149. The van der Waals surface area contributed by atoms with Crippen molar-refractivity contribution in [3.63, 3.8) is 0 Å². The molecule has 0 saturated heterocycles. The van der Waals surface area contributed by atoms with E-state index in [1.54, 1.807) is 7.11 Å². The number of methoxy groups -OCH3 is 1. The zero-order valence-electron chi connectivity index (χ0n) is 11.1. The van der Waals surface area contributed by atoms with Crippen molar-refractivity contribution in [3.05, 3.63) is 11.6 Å². The van der Waals surface area contributed by atoms with Gasteiger partial charge in [0.2, 0.25) is 0 Å². The second-order valence-electron chi connectivity index (χ2n) is 5.67. The number of hydrogen-bond acceptors (Lipinski definition) is 3. The van der Waals surface area contributed by atoms with Gasteiger partial charge in [-0.15, -0.1) is 0 Å². The fraction of sp³-hybridized carbons (Fsp3) is 0.857. The molecule has 1 heterocycles. The summed E-state index contributed by atoms with van der Waals surface area (Å²) in [6.07, 6.45) is 9.76. The molecule has 3 nitrogen and oxygen atoms in total. The minimum Gasteiger partial charge on any atom is -0.380 e. The fourth-order valence-electron chi connectivity index (χ4n) is 2.98. The highest BCUT2D eigenvalue weighted by Gasteiger charge is 2.29. The molecule has 17 heavy (non-hydrogen) atoms. The first-order chi connectivity index (χ1) is 8.22. The monoisotopic (exact) mass is 238 g/mol. The average molecular weight is 238 g/mol. The van der Waals surface area contributed by atoms with Crippen molar-refractivity contribution in [2.75, 3.05) is 33.4 Å². The third kappa shape index (κ3) is 3.80. The molecule has 0 amide bonds. The first-order valence-corrected chi connectivity index (χ1v) is 6.90. The molecule has 0 spiro atoms. The first-order valence-electron chi connectivity index (χ1n) is 6.90. The average Bonchev–Trinajstić information content (AvgIpc) is 2.76. The maximum Gasteiger partial charge on any atom is 0.0673 e. The smallest absolute Gasteiger partial charge is 0.0673 e. The molecule has 2 aliphatic rings. The van der Waals surface area contributed by atoms with Gasteiger partial charge in [-0.05, 0) is 31.3 Å². The predicted molar refractivity (Wildman–Crippen MR) is 71.0 cm³/mol. The Balaban J connectivity index is 1.71. The topological polar surface area (TPSA) is 38.5 Å². The second-order valence-corrected chi connectivity index (χ2v) is 5.67. The summed E-state index contributed by atoms with van der Waals surface area (Å²) in [5.74, 6) is 0. The molecule has 0 unspecified atom stereocenters. The van der Waals surface area contributed by atoms with Gasteiger partial charge >= 0.3 is 0 Å². The van der Waals surface area contributed by atoms with E-state index in [9.17, 15) is 0 Å². The van der Waals surface area contributed by atoms with Crippen molar-refractivity contribution in [3.8, 4) is 0 Å². The van der Waals surface area contributed by atoms with Crippen LogP contribution in [0.2, 0.25) is 0 Å². The summed E-state index contributed by atoms with van der Waals surface area (Å²) < 4.78 is 5.17. The number of ether oxygens (including phenoxy) is 1. The Morgan fingerprint density at radius 2 is 2.18 bits per heavy atom. The van der Waals surface area contributed by atoms with Crippen molar-refractivity contribution in [1.29, 1.82) is 0 Å². The van der Waals surface area contributed by atoms with Crippen LogP contribution in [-0.4, -0.2) is 43.8 Å². The molecule has 0 radical (unpaired) electrons. The van der Waals surface area contributed by atoms with Gasteiger partial charge in [-0.3, -0.25) is 4.90 Å². The summed E-state index contributed by atoms with van der Waals surface area (Å²) in [7, 11) is 1.77. The van der Waals surface area contributed by atoms with Gasteiger partial charge in [0.1, 0.15) is 0 Å². The molecule has 0 atom stereocenters. The molecule has 2 rings (SSSR count). The maximum absolute atomic E-state index is 6.39. The van der Waals surface area contributed by atoms with Gasteiger partial charge in [0, 0.05) is 32.3 Å². The van der Waals surface area contributed by atoms with Crippen molar-refractivity contribution >= 4 is 0 Å². The molecule has 98 valence electrons. The van der Waals surface area contributed by atoms with Crippen molar-refractivity contribution in [1.82, 2.24) is 4.90 Å². The van der Waals surface area contributed by atoms with Gasteiger partial charge in [-0.1, -0.05) is 18.9 Å². The summed E-state index contributed by atoms with van der Waals surface area (Å²) >= 11 is 0. The molecule has 1 aliphatic heterocycles. The Labute approximate surface area is 105 Å². The van der Waals surface area contributed by atoms with Crippen LogP contribution in [0.3, 0.4) is 0 Å². The van der Waals surface area contributed by atoms with E-state index in [2.05, 4.69) is 11.0 Å². The van der Waals surface area contributed by atoms with E-state index in [1.807, 2.05) is 0 Å². The zero-order valence-corrected chi connectivity index (χ0v) is 11.1. The zero-order chi connectivity index (χ0) is 12.1. The molecular weight excluding hydrogens is 212 g/mol. The first kappa shape index (κ1) is 13.1. The minimum atomic E-state index is 0.149. The summed E-state index contributed by atoms with van der Waals surface area (Å²) in [6, 6.07) is 0. The fourth-order valence-corrected chi connectivity index (χ4v) is 2.98. The third-order valence-electron chi connectivity index (χ3n) is 4.24. The van der Waals surface area contributed by atoms with E-state index >= 15 is 0 Å². The summed E-state index contributed by atoms with van der Waals surface area (Å²) in [5.41, 5.74) is 7.99. The number of hydrogen-bond donors (Lipinski definition) is 1. The lowest BCUT2D eigenvalue weighted by molar-refractivity contribution is 0.207. The molecule has 0 aromatic rings. The molecule has 3 heteroatoms. The van der Waals surface area contributed by atoms with Crippen molar-refractivity contribution < 1.29 is 4.74 Å². The number of nitrogens with zero attached hydrogens (tertiary/aromatic N) is 1. The molecule has 0 aromatic heterocycles. The van der Waals surface area contributed by atoms with E-state index in [-0.39, 0.29) is 5.54 Å². The molecule has 1 fully saturated rings. The molecule has 0 aromatic carbocycles. The largest absolute Gasteiger partial charge is 0.380 e. The molecule has 0 bridgehead atoms. The SMILES string of the molecule is COCC1=CCN(CCC2(N)CCCC2)CC1. The van der Waals surface area contributed by atoms with E-state index in [4.69, 9.17) is 10.5 Å². The summed E-state index contributed by atoms with van der Waals surface area (Å²) in [6.45, 7) is 4.21. The normalized spacial score (nSPS) is 24.9. The van der Waals surface area contributed by atoms with Crippen LogP contribution in [0.15, 0.2) is 11.6 Å².